The number of aliphatic hydroxyl groups excluding tert-OH is 1. The molecular formula is C32H53NO5SSi. The van der Waals surface area contributed by atoms with Crippen LogP contribution in [0.1, 0.15) is 98.2 Å². The SMILES string of the molecule is CC(=Cc1csc(C)n1)[C@@H]1CC=CCCC[C@H](C)[C@H](O)[C@@H](C)C(=O)C(C)(C)[C@@H](O[Si](C)(C)C(C)(C)C)CC(=O)O1. The average Bonchev–Trinajstić information content (AvgIpc) is 3.25. The number of cyclic esters (lactones) is 1. The molecule has 40 heavy (non-hydrogen) atoms. The zero-order valence-electron chi connectivity index (χ0n) is 26.7. The van der Waals surface area contributed by atoms with Gasteiger partial charge in [0.1, 0.15) is 11.9 Å². The number of esters is 1. The molecule has 1 N–H and O–H groups in total. The maximum Gasteiger partial charge on any atom is 0.309 e. The van der Waals surface area contributed by atoms with E-state index in [1.54, 1.807) is 18.3 Å². The Morgan fingerprint density at radius 3 is 2.45 bits per heavy atom. The summed E-state index contributed by atoms with van der Waals surface area (Å²) in [4.78, 5) is 32.1. The van der Waals surface area contributed by atoms with Crippen LogP contribution in [0.25, 0.3) is 6.08 Å². The fourth-order valence-electron chi connectivity index (χ4n) is 4.89. The van der Waals surface area contributed by atoms with Crippen molar-refractivity contribution >= 4 is 37.5 Å². The van der Waals surface area contributed by atoms with Gasteiger partial charge in [-0.15, -0.1) is 11.3 Å². The molecule has 0 aliphatic carbocycles. The number of hydrogen-bond acceptors (Lipinski definition) is 7. The second-order valence-corrected chi connectivity index (χ2v) is 19.5. The Bertz CT molecular complexity index is 1070. The quantitative estimate of drug-likeness (QED) is 0.218. The Morgan fingerprint density at radius 2 is 1.88 bits per heavy atom. The molecule has 6 nitrogen and oxygen atoms in total. The number of allylic oxidation sites excluding steroid dienone is 1. The van der Waals surface area contributed by atoms with E-state index in [0.29, 0.717) is 6.42 Å². The van der Waals surface area contributed by atoms with Crippen LogP contribution in [0.5, 0.6) is 0 Å². The first-order valence-electron chi connectivity index (χ1n) is 14.7. The monoisotopic (exact) mass is 591 g/mol. The number of rotatable bonds is 4. The average molecular weight is 592 g/mol. The molecule has 0 unspecified atom stereocenters. The summed E-state index contributed by atoms with van der Waals surface area (Å²) < 4.78 is 12.9. The minimum absolute atomic E-state index is 0.0136. The van der Waals surface area contributed by atoms with Gasteiger partial charge < -0.3 is 14.3 Å². The molecule has 1 aliphatic heterocycles. The fourth-order valence-corrected chi connectivity index (χ4v) is 6.91. The summed E-state index contributed by atoms with van der Waals surface area (Å²) in [5.74, 6) is -1.06. The van der Waals surface area contributed by atoms with Crippen molar-refractivity contribution in [2.24, 2.45) is 17.3 Å². The molecule has 0 saturated heterocycles. The van der Waals surface area contributed by atoms with Gasteiger partial charge in [0, 0.05) is 23.1 Å². The van der Waals surface area contributed by atoms with Crippen LogP contribution in [-0.2, 0) is 18.8 Å². The number of aliphatic hydroxyl groups is 1. The Hall–Kier alpha value is -1.61. The van der Waals surface area contributed by atoms with Crippen LogP contribution < -0.4 is 0 Å². The van der Waals surface area contributed by atoms with E-state index in [2.05, 4.69) is 51.0 Å². The normalized spacial score (nSPS) is 28.4. The predicted octanol–water partition coefficient (Wildman–Crippen LogP) is 7.91. The van der Waals surface area contributed by atoms with Gasteiger partial charge >= 0.3 is 5.97 Å². The third-order valence-corrected chi connectivity index (χ3v) is 14.2. The zero-order valence-corrected chi connectivity index (χ0v) is 28.5. The molecule has 226 valence electrons. The summed E-state index contributed by atoms with van der Waals surface area (Å²) in [6.45, 7) is 22.2. The van der Waals surface area contributed by atoms with Crippen LogP contribution >= 0.6 is 11.3 Å². The highest BCUT2D eigenvalue weighted by Gasteiger charge is 2.48. The Balaban J connectivity index is 2.49. The summed E-state index contributed by atoms with van der Waals surface area (Å²) in [5, 5.41) is 14.0. The molecule has 0 bridgehead atoms. The summed E-state index contributed by atoms with van der Waals surface area (Å²) in [6, 6.07) is 0. The van der Waals surface area contributed by atoms with Gasteiger partial charge in [-0.1, -0.05) is 60.6 Å². The van der Waals surface area contributed by atoms with Crippen LogP contribution in [0.4, 0.5) is 0 Å². The minimum Gasteiger partial charge on any atom is -0.457 e. The van der Waals surface area contributed by atoms with Crippen LogP contribution in [0.3, 0.4) is 0 Å². The number of thiazole rings is 1. The first-order chi connectivity index (χ1) is 18.4. The molecule has 1 aliphatic rings. The molecule has 2 heterocycles. The topological polar surface area (TPSA) is 85.7 Å². The predicted molar refractivity (Wildman–Crippen MR) is 168 cm³/mol. The molecule has 1 aromatic heterocycles. The van der Waals surface area contributed by atoms with E-state index in [4.69, 9.17) is 9.16 Å². The third kappa shape index (κ3) is 9.20. The van der Waals surface area contributed by atoms with Crippen LogP contribution in [0.2, 0.25) is 18.1 Å². The third-order valence-electron chi connectivity index (χ3n) is 8.88. The number of carbonyl (C=O) groups excluding carboxylic acids is 2. The molecule has 8 heteroatoms. The molecule has 0 aromatic carbocycles. The summed E-state index contributed by atoms with van der Waals surface area (Å²) in [5.41, 5.74) is 0.788. The molecule has 0 radical (unpaired) electrons. The lowest BCUT2D eigenvalue weighted by Gasteiger charge is -2.44. The van der Waals surface area contributed by atoms with Crippen LogP contribution in [0, 0.1) is 24.2 Å². The highest BCUT2D eigenvalue weighted by Crippen LogP contribution is 2.42. The van der Waals surface area contributed by atoms with Crippen molar-refractivity contribution in [3.05, 3.63) is 33.8 Å². The van der Waals surface area contributed by atoms with Crippen molar-refractivity contribution in [3.8, 4) is 0 Å². The van der Waals surface area contributed by atoms with E-state index >= 15 is 0 Å². The number of aromatic nitrogens is 1. The number of ketones is 1. The summed E-state index contributed by atoms with van der Waals surface area (Å²) >= 11 is 1.59. The molecule has 0 spiro atoms. The highest BCUT2D eigenvalue weighted by atomic mass is 32.1. The number of nitrogens with zero attached hydrogens (tertiary/aromatic N) is 1. The van der Waals surface area contributed by atoms with Crippen molar-refractivity contribution in [2.45, 2.75) is 131 Å². The van der Waals surface area contributed by atoms with Gasteiger partial charge in [0.05, 0.1) is 29.3 Å². The largest absolute Gasteiger partial charge is 0.457 e. The van der Waals surface area contributed by atoms with E-state index in [1.165, 1.54) is 0 Å². The van der Waals surface area contributed by atoms with Crippen molar-refractivity contribution in [2.75, 3.05) is 0 Å². The Kier molecular flexibility index (Phi) is 12.1. The molecule has 0 saturated carbocycles. The molecule has 0 fully saturated rings. The first-order valence-corrected chi connectivity index (χ1v) is 18.5. The van der Waals surface area contributed by atoms with E-state index in [-0.39, 0.29) is 29.1 Å². The number of ether oxygens (including phenoxy) is 1. The Labute approximate surface area is 247 Å². The number of Topliss-reactive ketones (excluding diaryl/α,β-unsaturated/α-hetero) is 1. The van der Waals surface area contributed by atoms with E-state index in [9.17, 15) is 14.7 Å². The molecule has 5 atom stereocenters. The van der Waals surface area contributed by atoms with E-state index < -0.39 is 38.0 Å². The minimum atomic E-state index is -2.36. The highest BCUT2D eigenvalue weighted by molar-refractivity contribution is 7.09. The lowest BCUT2D eigenvalue weighted by Crippen LogP contribution is -2.52. The lowest BCUT2D eigenvalue weighted by molar-refractivity contribution is -0.153. The standard InChI is InChI=1S/C32H53NO5SSi/c1-21-16-14-12-13-15-17-26(22(2)18-25-20-39-24(4)33-25)37-28(34)19-27(38-40(10,11)31(5,6)7)32(8,9)30(36)23(3)29(21)35/h13,15,18,20-21,23,26-27,29,35H,12,14,16-17,19H2,1-11H3/t21-,23+,26-,27-,29-/m0/s1. The summed E-state index contributed by atoms with van der Waals surface area (Å²) in [6.07, 6.45) is 7.43. The van der Waals surface area contributed by atoms with Gasteiger partial charge in [-0.2, -0.15) is 0 Å². The van der Waals surface area contributed by atoms with Gasteiger partial charge in [0.25, 0.3) is 0 Å². The fraction of sp³-hybridized carbons (Fsp3) is 0.719. The maximum atomic E-state index is 13.9. The van der Waals surface area contributed by atoms with E-state index in [0.717, 1.165) is 35.5 Å². The maximum absolute atomic E-state index is 13.9. The Morgan fingerprint density at radius 1 is 1.23 bits per heavy atom. The van der Waals surface area contributed by atoms with Crippen molar-refractivity contribution in [1.82, 2.24) is 4.98 Å². The van der Waals surface area contributed by atoms with Gasteiger partial charge in [0.15, 0.2) is 8.32 Å². The smallest absolute Gasteiger partial charge is 0.309 e. The van der Waals surface area contributed by atoms with Gasteiger partial charge in [-0.3, -0.25) is 9.59 Å². The molecule has 1 aromatic rings. The van der Waals surface area contributed by atoms with Gasteiger partial charge in [-0.25, -0.2) is 4.98 Å². The van der Waals surface area contributed by atoms with Gasteiger partial charge in [-0.05, 0) is 68.8 Å². The van der Waals surface area contributed by atoms with Crippen LogP contribution in [0.15, 0.2) is 23.1 Å². The number of aryl methyl sites for hydroxylation is 1. The number of carbonyl (C=O) groups is 2. The molecule has 0 amide bonds. The lowest BCUT2D eigenvalue weighted by atomic mass is 9.73. The van der Waals surface area contributed by atoms with Crippen molar-refractivity contribution in [1.29, 1.82) is 0 Å². The second kappa shape index (κ2) is 14.0. The molecule has 2 rings (SSSR count). The van der Waals surface area contributed by atoms with Gasteiger partial charge in [0.2, 0.25) is 0 Å². The summed E-state index contributed by atoms with van der Waals surface area (Å²) in [7, 11) is -2.36. The van der Waals surface area contributed by atoms with Crippen LogP contribution in [-0.4, -0.2) is 48.5 Å². The number of hydrogen-bond donors (Lipinski definition) is 1. The van der Waals surface area contributed by atoms with E-state index in [1.807, 2.05) is 46.1 Å². The van der Waals surface area contributed by atoms with Crippen molar-refractivity contribution in [3.63, 3.8) is 0 Å². The van der Waals surface area contributed by atoms with Crippen molar-refractivity contribution < 1.29 is 23.9 Å². The second-order valence-electron chi connectivity index (χ2n) is 13.7. The zero-order chi connectivity index (χ0) is 30.5. The molecular weight excluding hydrogens is 539 g/mol. The first kappa shape index (κ1) is 34.6.